The Morgan fingerprint density at radius 3 is 2.63 bits per heavy atom. The number of aromatic carboxylic acids is 1. The average Bonchev–Trinajstić information content (AvgIpc) is 2.83. The number of fused-ring (bicyclic) bond motifs is 1. The molecule has 0 unspecified atom stereocenters. The van der Waals surface area contributed by atoms with Crippen molar-refractivity contribution < 1.29 is 14.3 Å². The summed E-state index contributed by atoms with van der Waals surface area (Å²) in [5.74, 6) is -1.26. The summed E-state index contributed by atoms with van der Waals surface area (Å²) in [6.07, 6.45) is 3.30. The molecule has 0 aliphatic heterocycles. The minimum Gasteiger partial charge on any atom is -0.477 e. The largest absolute Gasteiger partial charge is 0.477 e. The van der Waals surface area contributed by atoms with Crippen LogP contribution in [0.25, 0.3) is 21.2 Å². The molecule has 3 aromatic rings. The zero-order valence-electron chi connectivity index (χ0n) is 9.63. The van der Waals surface area contributed by atoms with Crippen molar-refractivity contribution in [2.75, 3.05) is 0 Å². The van der Waals surface area contributed by atoms with Crippen LogP contribution < -0.4 is 0 Å². The molecular weight excluding hydrogens is 265 g/mol. The lowest BCUT2D eigenvalue weighted by Gasteiger charge is -2.02. The molecule has 0 aliphatic rings. The maximum absolute atomic E-state index is 12.9. The summed E-state index contributed by atoms with van der Waals surface area (Å²) >= 11 is 1.18. The number of carbonyl (C=O) groups is 1. The van der Waals surface area contributed by atoms with Gasteiger partial charge in [-0.05, 0) is 23.8 Å². The molecule has 0 saturated carbocycles. The molecule has 0 spiro atoms. The lowest BCUT2D eigenvalue weighted by molar-refractivity contribution is 0.0702. The van der Waals surface area contributed by atoms with Crippen molar-refractivity contribution in [2.45, 2.75) is 0 Å². The van der Waals surface area contributed by atoms with E-state index < -0.39 is 5.97 Å². The molecule has 0 bridgehead atoms. The first kappa shape index (κ1) is 11.8. The molecule has 0 fully saturated rings. The summed E-state index contributed by atoms with van der Waals surface area (Å²) in [6.45, 7) is 0. The predicted molar refractivity (Wildman–Crippen MR) is 72.0 cm³/mol. The molecule has 1 N–H and O–H groups in total. The van der Waals surface area contributed by atoms with Crippen molar-refractivity contribution in [3.63, 3.8) is 0 Å². The number of pyridine rings is 1. The van der Waals surface area contributed by atoms with Crippen molar-refractivity contribution in [3.8, 4) is 11.1 Å². The topological polar surface area (TPSA) is 50.2 Å². The van der Waals surface area contributed by atoms with Crippen molar-refractivity contribution in [1.29, 1.82) is 0 Å². The number of halogens is 1. The maximum Gasteiger partial charge on any atom is 0.345 e. The van der Waals surface area contributed by atoms with Crippen LogP contribution in [0.15, 0.2) is 42.7 Å². The van der Waals surface area contributed by atoms with Crippen LogP contribution in [-0.2, 0) is 0 Å². The van der Waals surface area contributed by atoms with Crippen LogP contribution in [0, 0.1) is 5.82 Å². The normalized spacial score (nSPS) is 10.8. The number of hydrogen-bond acceptors (Lipinski definition) is 3. The van der Waals surface area contributed by atoms with Gasteiger partial charge >= 0.3 is 5.97 Å². The Hall–Kier alpha value is -2.27. The predicted octanol–water partition coefficient (Wildman–Crippen LogP) is 3.80. The van der Waals surface area contributed by atoms with Gasteiger partial charge in [-0.1, -0.05) is 12.1 Å². The van der Waals surface area contributed by atoms with Crippen LogP contribution in [0.3, 0.4) is 0 Å². The van der Waals surface area contributed by atoms with Gasteiger partial charge in [0.15, 0.2) is 0 Å². The van der Waals surface area contributed by atoms with Gasteiger partial charge in [-0.25, -0.2) is 9.18 Å². The van der Waals surface area contributed by atoms with Gasteiger partial charge in [0.2, 0.25) is 0 Å². The average molecular weight is 273 g/mol. The Labute approximate surface area is 112 Å². The van der Waals surface area contributed by atoms with E-state index in [1.165, 1.54) is 23.5 Å². The summed E-state index contributed by atoms with van der Waals surface area (Å²) in [5.41, 5.74) is 1.62. The summed E-state index contributed by atoms with van der Waals surface area (Å²) in [4.78, 5) is 15.4. The van der Waals surface area contributed by atoms with E-state index in [0.29, 0.717) is 0 Å². The monoisotopic (exact) mass is 273 g/mol. The van der Waals surface area contributed by atoms with E-state index in [4.69, 9.17) is 5.11 Å². The molecular formula is C14H8FNO2S. The van der Waals surface area contributed by atoms with E-state index in [-0.39, 0.29) is 10.7 Å². The second-order valence-corrected chi connectivity index (χ2v) is 5.11. The number of benzene rings is 1. The highest BCUT2D eigenvalue weighted by Crippen LogP contribution is 2.33. The van der Waals surface area contributed by atoms with Crippen molar-refractivity contribution >= 4 is 27.4 Å². The zero-order chi connectivity index (χ0) is 13.4. The summed E-state index contributed by atoms with van der Waals surface area (Å²) in [7, 11) is 0. The van der Waals surface area contributed by atoms with Gasteiger partial charge in [0.1, 0.15) is 10.7 Å². The molecule has 3 rings (SSSR count). The van der Waals surface area contributed by atoms with E-state index in [1.54, 1.807) is 30.6 Å². The quantitative estimate of drug-likeness (QED) is 0.772. The minimum atomic E-state index is -0.953. The molecule has 19 heavy (non-hydrogen) atoms. The molecule has 1 aromatic carbocycles. The molecule has 2 heterocycles. The van der Waals surface area contributed by atoms with Gasteiger partial charge < -0.3 is 5.11 Å². The maximum atomic E-state index is 12.9. The number of rotatable bonds is 2. The first-order valence-corrected chi connectivity index (χ1v) is 6.33. The Balaban J connectivity index is 2.23. The van der Waals surface area contributed by atoms with Crippen LogP contribution in [0.1, 0.15) is 9.67 Å². The number of carboxylic acid groups (broad SMARTS) is 1. The Morgan fingerprint density at radius 2 is 1.95 bits per heavy atom. The SMILES string of the molecule is O=C(O)c1cc2c(-c3ccc(F)cc3)cncc2s1. The molecule has 0 atom stereocenters. The summed E-state index contributed by atoms with van der Waals surface area (Å²) < 4.78 is 13.7. The number of hydrogen-bond donors (Lipinski definition) is 1. The van der Waals surface area contributed by atoms with Crippen molar-refractivity contribution in [3.05, 3.63) is 53.4 Å². The van der Waals surface area contributed by atoms with Gasteiger partial charge in [-0.3, -0.25) is 4.98 Å². The van der Waals surface area contributed by atoms with Crippen LogP contribution in [0.4, 0.5) is 4.39 Å². The molecule has 0 aliphatic carbocycles. The summed E-state index contributed by atoms with van der Waals surface area (Å²) in [5, 5.41) is 9.85. The van der Waals surface area contributed by atoms with E-state index in [0.717, 1.165) is 21.2 Å². The fraction of sp³-hybridized carbons (Fsp3) is 0. The number of nitrogens with zero attached hydrogens (tertiary/aromatic N) is 1. The van der Waals surface area contributed by atoms with Gasteiger partial charge in [-0.2, -0.15) is 0 Å². The molecule has 94 valence electrons. The fourth-order valence-electron chi connectivity index (χ4n) is 1.93. The molecule has 5 heteroatoms. The highest BCUT2D eigenvalue weighted by molar-refractivity contribution is 7.20. The minimum absolute atomic E-state index is 0.270. The molecule has 3 nitrogen and oxygen atoms in total. The van der Waals surface area contributed by atoms with Crippen LogP contribution >= 0.6 is 11.3 Å². The smallest absolute Gasteiger partial charge is 0.345 e. The Morgan fingerprint density at radius 1 is 1.21 bits per heavy atom. The highest BCUT2D eigenvalue weighted by atomic mass is 32.1. The van der Waals surface area contributed by atoms with Gasteiger partial charge in [-0.15, -0.1) is 11.3 Å². The number of carboxylic acids is 1. The van der Waals surface area contributed by atoms with Gasteiger partial charge in [0.25, 0.3) is 0 Å². The Kier molecular flexibility index (Phi) is 2.76. The van der Waals surface area contributed by atoms with E-state index >= 15 is 0 Å². The van der Waals surface area contributed by atoms with E-state index in [1.807, 2.05) is 0 Å². The standard InChI is InChI=1S/C14H8FNO2S/c15-9-3-1-8(2-4-9)11-6-16-7-13-10(11)5-12(19-13)14(17)18/h1-7H,(H,17,18). The lowest BCUT2D eigenvalue weighted by Crippen LogP contribution is -1.89. The highest BCUT2D eigenvalue weighted by Gasteiger charge is 2.12. The third kappa shape index (κ3) is 2.08. The second-order valence-electron chi connectivity index (χ2n) is 4.02. The van der Waals surface area contributed by atoms with E-state index in [2.05, 4.69) is 4.98 Å². The number of thiophene rings is 1. The van der Waals surface area contributed by atoms with Gasteiger partial charge in [0.05, 0.1) is 4.70 Å². The molecule has 2 aromatic heterocycles. The van der Waals surface area contributed by atoms with Gasteiger partial charge in [0, 0.05) is 23.3 Å². The molecule has 0 amide bonds. The second kappa shape index (κ2) is 4.44. The zero-order valence-corrected chi connectivity index (χ0v) is 10.4. The lowest BCUT2D eigenvalue weighted by atomic mass is 10.0. The van der Waals surface area contributed by atoms with Crippen LogP contribution in [0.2, 0.25) is 0 Å². The van der Waals surface area contributed by atoms with Crippen molar-refractivity contribution in [2.24, 2.45) is 0 Å². The molecule has 0 radical (unpaired) electrons. The first-order valence-electron chi connectivity index (χ1n) is 5.52. The molecule has 0 saturated heterocycles. The van der Waals surface area contributed by atoms with Crippen LogP contribution in [-0.4, -0.2) is 16.1 Å². The van der Waals surface area contributed by atoms with Crippen LogP contribution in [0.5, 0.6) is 0 Å². The van der Waals surface area contributed by atoms with Crippen molar-refractivity contribution in [1.82, 2.24) is 4.98 Å². The fourth-order valence-corrected chi connectivity index (χ4v) is 2.82. The van der Waals surface area contributed by atoms with E-state index in [9.17, 15) is 9.18 Å². The Bertz CT molecular complexity index is 765. The first-order chi connectivity index (χ1) is 9.15. The third-order valence-corrected chi connectivity index (χ3v) is 3.87. The number of aromatic nitrogens is 1. The third-order valence-electron chi connectivity index (χ3n) is 2.81. The summed E-state index contributed by atoms with van der Waals surface area (Å²) in [6, 6.07) is 7.69.